The van der Waals surface area contributed by atoms with Crippen molar-refractivity contribution < 1.29 is 14.3 Å². The Kier molecular flexibility index (Phi) is 12.0. The van der Waals surface area contributed by atoms with Gasteiger partial charge in [0.2, 0.25) is 5.91 Å². The van der Waals surface area contributed by atoms with Crippen molar-refractivity contribution >= 4 is 23.5 Å². The van der Waals surface area contributed by atoms with Crippen LogP contribution in [-0.2, 0) is 14.3 Å². The Morgan fingerprint density at radius 2 is 1.52 bits per heavy atom. The molecule has 1 amide bonds. The van der Waals surface area contributed by atoms with Crippen molar-refractivity contribution in [2.75, 3.05) is 19.7 Å². The summed E-state index contributed by atoms with van der Waals surface area (Å²) >= 11 is 5.83. The van der Waals surface area contributed by atoms with Crippen molar-refractivity contribution in [3.63, 3.8) is 0 Å². The molecule has 0 aromatic rings. The summed E-state index contributed by atoms with van der Waals surface area (Å²) in [7, 11) is 0. The fourth-order valence-electron chi connectivity index (χ4n) is 3.29. The lowest BCUT2D eigenvalue weighted by molar-refractivity contribution is -0.151. The number of hydrogen-bond donors (Lipinski definition) is 0. The first-order valence-electron chi connectivity index (χ1n) is 10.2. The highest BCUT2D eigenvalue weighted by atomic mass is 35.5. The van der Waals surface area contributed by atoms with E-state index < -0.39 is 5.38 Å². The van der Waals surface area contributed by atoms with E-state index in [1.54, 1.807) is 11.8 Å². The van der Waals surface area contributed by atoms with E-state index in [-0.39, 0.29) is 17.8 Å². The molecule has 4 nitrogen and oxygen atoms in total. The first-order valence-corrected chi connectivity index (χ1v) is 10.6. The van der Waals surface area contributed by atoms with Crippen molar-refractivity contribution in [3.05, 3.63) is 0 Å². The number of piperidine rings is 1. The summed E-state index contributed by atoms with van der Waals surface area (Å²) in [6.45, 7) is 5.67. The molecule has 0 aromatic carbocycles. The third-order valence-electron chi connectivity index (χ3n) is 4.97. The van der Waals surface area contributed by atoms with Crippen LogP contribution >= 0.6 is 11.6 Å². The van der Waals surface area contributed by atoms with Crippen LogP contribution in [-0.4, -0.2) is 41.8 Å². The van der Waals surface area contributed by atoms with Crippen LogP contribution in [0.3, 0.4) is 0 Å². The Labute approximate surface area is 158 Å². The van der Waals surface area contributed by atoms with E-state index in [0.717, 1.165) is 12.8 Å². The number of nitrogens with zero attached hydrogens (tertiary/aromatic N) is 1. The van der Waals surface area contributed by atoms with E-state index in [9.17, 15) is 9.59 Å². The van der Waals surface area contributed by atoms with Gasteiger partial charge in [-0.2, -0.15) is 0 Å². The lowest BCUT2D eigenvalue weighted by Crippen LogP contribution is -2.43. The van der Waals surface area contributed by atoms with Crippen LogP contribution < -0.4 is 0 Å². The average molecular weight is 374 g/mol. The number of likely N-dealkylation sites (tertiary alicyclic amines) is 1. The molecule has 1 aliphatic heterocycles. The van der Waals surface area contributed by atoms with Gasteiger partial charge in [0.15, 0.2) is 0 Å². The van der Waals surface area contributed by atoms with Crippen LogP contribution in [0.1, 0.15) is 84.5 Å². The third kappa shape index (κ3) is 9.48. The molecule has 0 bridgehead atoms. The fourth-order valence-corrected chi connectivity index (χ4v) is 3.43. The van der Waals surface area contributed by atoms with Gasteiger partial charge in [0.25, 0.3) is 0 Å². The summed E-state index contributed by atoms with van der Waals surface area (Å²) in [6, 6.07) is 0. The minimum absolute atomic E-state index is 0.0387. The molecule has 1 fully saturated rings. The van der Waals surface area contributed by atoms with Crippen molar-refractivity contribution in [1.82, 2.24) is 4.90 Å². The van der Waals surface area contributed by atoms with Gasteiger partial charge in [-0.1, -0.05) is 58.3 Å². The number of carbonyl (C=O) groups excluding carboxylic acids is 2. The van der Waals surface area contributed by atoms with Crippen molar-refractivity contribution in [1.29, 1.82) is 0 Å². The summed E-state index contributed by atoms with van der Waals surface area (Å²) in [5.41, 5.74) is 0. The van der Waals surface area contributed by atoms with Gasteiger partial charge < -0.3 is 9.64 Å². The molecule has 0 saturated carbocycles. The summed E-state index contributed by atoms with van der Waals surface area (Å²) in [5, 5.41) is -0.491. The molecule has 1 atom stereocenters. The van der Waals surface area contributed by atoms with Gasteiger partial charge in [-0.25, -0.2) is 0 Å². The lowest BCUT2D eigenvalue weighted by atomic mass is 9.97. The van der Waals surface area contributed by atoms with Crippen LogP contribution in [0.5, 0.6) is 0 Å². The molecule has 1 aliphatic rings. The Hall–Kier alpha value is -0.770. The first kappa shape index (κ1) is 22.3. The minimum atomic E-state index is -0.491. The largest absolute Gasteiger partial charge is 0.465 e. The van der Waals surface area contributed by atoms with Crippen LogP contribution in [0, 0.1) is 5.92 Å². The van der Waals surface area contributed by atoms with E-state index >= 15 is 0 Å². The topological polar surface area (TPSA) is 46.6 Å². The highest BCUT2D eigenvalue weighted by Crippen LogP contribution is 2.20. The van der Waals surface area contributed by atoms with Crippen LogP contribution in [0.25, 0.3) is 0 Å². The van der Waals surface area contributed by atoms with Gasteiger partial charge in [-0.05, 0) is 26.2 Å². The zero-order valence-corrected chi connectivity index (χ0v) is 16.9. The number of amides is 1. The second kappa shape index (κ2) is 13.4. The minimum Gasteiger partial charge on any atom is -0.465 e. The number of carbonyl (C=O) groups is 2. The molecule has 1 saturated heterocycles. The second-order valence-corrected chi connectivity index (χ2v) is 7.87. The zero-order valence-electron chi connectivity index (χ0n) is 16.1. The van der Waals surface area contributed by atoms with E-state index in [4.69, 9.17) is 16.3 Å². The molecule has 0 radical (unpaired) electrons. The van der Waals surface area contributed by atoms with Gasteiger partial charge in [-0.15, -0.1) is 11.6 Å². The smallest absolute Gasteiger partial charge is 0.309 e. The van der Waals surface area contributed by atoms with Gasteiger partial charge in [-0.3, -0.25) is 9.59 Å². The van der Waals surface area contributed by atoms with Gasteiger partial charge in [0, 0.05) is 13.1 Å². The Balaban J connectivity index is 2.00. The maximum Gasteiger partial charge on any atom is 0.309 e. The standard InChI is InChI=1S/C20H36ClNO3/c1-3-4-5-6-7-8-9-10-11-16-25-20(24)18-12-14-22(15-13-18)19(23)17(2)21/h17-18H,3-16H2,1-2H3. The number of alkyl halides is 1. The quantitative estimate of drug-likeness (QED) is 0.277. The number of halogens is 1. The molecular weight excluding hydrogens is 338 g/mol. The summed E-state index contributed by atoms with van der Waals surface area (Å²) in [5.74, 6) is -0.193. The summed E-state index contributed by atoms with van der Waals surface area (Å²) < 4.78 is 5.42. The Bertz CT molecular complexity index is 379. The molecule has 1 unspecified atom stereocenters. The number of unbranched alkanes of at least 4 members (excludes halogenated alkanes) is 8. The Morgan fingerprint density at radius 1 is 1.00 bits per heavy atom. The Morgan fingerprint density at radius 3 is 2.04 bits per heavy atom. The average Bonchev–Trinajstić information content (AvgIpc) is 2.62. The van der Waals surface area contributed by atoms with Crippen LogP contribution in [0.15, 0.2) is 0 Å². The van der Waals surface area contributed by atoms with E-state index in [2.05, 4.69) is 6.92 Å². The van der Waals surface area contributed by atoms with Crippen LogP contribution in [0.4, 0.5) is 0 Å². The molecule has 146 valence electrons. The molecule has 1 rings (SSSR count). The SMILES string of the molecule is CCCCCCCCCCCOC(=O)C1CCN(C(=O)C(C)Cl)CC1. The maximum atomic E-state index is 12.1. The zero-order chi connectivity index (χ0) is 18.5. The van der Waals surface area contributed by atoms with E-state index in [0.29, 0.717) is 32.5 Å². The molecule has 1 heterocycles. The number of rotatable bonds is 12. The number of hydrogen-bond acceptors (Lipinski definition) is 3. The van der Waals surface area contributed by atoms with Gasteiger partial charge in [0.05, 0.1) is 12.5 Å². The number of ether oxygens (including phenoxy) is 1. The molecule has 0 N–H and O–H groups in total. The third-order valence-corrected chi connectivity index (χ3v) is 5.16. The highest BCUT2D eigenvalue weighted by Gasteiger charge is 2.29. The predicted octanol–water partition coefficient (Wildman–Crippen LogP) is 4.93. The summed E-state index contributed by atoms with van der Waals surface area (Å²) in [6.07, 6.45) is 12.7. The molecular formula is C20H36ClNO3. The second-order valence-electron chi connectivity index (χ2n) is 7.21. The van der Waals surface area contributed by atoms with Gasteiger partial charge >= 0.3 is 5.97 Å². The predicted molar refractivity (Wildman–Crippen MR) is 103 cm³/mol. The maximum absolute atomic E-state index is 12.1. The lowest BCUT2D eigenvalue weighted by Gasteiger charge is -2.31. The van der Waals surface area contributed by atoms with Gasteiger partial charge in [0.1, 0.15) is 5.38 Å². The molecule has 5 heteroatoms. The van der Waals surface area contributed by atoms with Crippen molar-refractivity contribution in [2.24, 2.45) is 5.92 Å². The number of esters is 1. The van der Waals surface area contributed by atoms with E-state index in [1.165, 1.54) is 44.9 Å². The normalized spacial score (nSPS) is 16.7. The monoisotopic (exact) mass is 373 g/mol. The first-order chi connectivity index (χ1) is 12.1. The molecule has 25 heavy (non-hydrogen) atoms. The molecule has 0 aliphatic carbocycles. The molecule has 0 spiro atoms. The van der Waals surface area contributed by atoms with E-state index in [1.807, 2.05) is 0 Å². The molecule has 0 aromatic heterocycles. The summed E-state index contributed by atoms with van der Waals surface area (Å²) in [4.78, 5) is 25.7. The highest BCUT2D eigenvalue weighted by molar-refractivity contribution is 6.30. The fraction of sp³-hybridized carbons (Fsp3) is 0.900. The van der Waals surface area contributed by atoms with Crippen LogP contribution in [0.2, 0.25) is 0 Å². The van der Waals surface area contributed by atoms with Crippen molar-refractivity contribution in [2.45, 2.75) is 89.9 Å². The van der Waals surface area contributed by atoms with Crippen molar-refractivity contribution in [3.8, 4) is 0 Å².